The number of rotatable bonds is 6. The van der Waals surface area contributed by atoms with Crippen LogP contribution in [0.2, 0.25) is 5.02 Å². The van der Waals surface area contributed by atoms with E-state index in [0.717, 1.165) is 11.4 Å². The normalized spacial score (nSPS) is 25.7. The van der Waals surface area contributed by atoms with Crippen LogP contribution in [0.1, 0.15) is 17.5 Å². The van der Waals surface area contributed by atoms with Crippen LogP contribution in [0.15, 0.2) is 59.7 Å². The van der Waals surface area contributed by atoms with Crippen LogP contribution in [0.4, 0.5) is 5.69 Å². The fraction of sp³-hybridized carbons (Fsp3) is 0.261. The molecule has 0 aromatic heterocycles. The number of ether oxygens (including phenoxy) is 1. The van der Waals surface area contributed by atoms with Gasteiger partial charge in [-0.25, -0.2) is 0 Å². The van der Waals surface area contributed by atoms with Gasteiger partial charge >= 0.3 is 0 Å². The Morgan fingerprint density at radius 2 is 1.84 bits per heavy atom. The molecule has 4 unspecified atom stereocenters. The Balaban J connectivity index is 1.25. The zero-order valence-electron chi connectivity index (χ0n) is 16.8. The van der Waals surface area contributed by atoms with Crippen molar-refractivity contribution in [1.82, 2.24) is 5.01 Å². The molecule has 32 heavy (non-hydrogen) atoms. The zero-order chi connectivity index (χ0) is 22.4. The number of non-ortho nitro benzene ring substituents is 1. The van der Waals surface area contributed by atoms with Crippen LogP contribution < -0.4 is 4.74 Å². The molecule has 4 atom stereocenters. The van der Waals surface area contributed by atoms with Crippen molar-refractivity contribution < 1.29 is 19.2 Å². The first-order valence-electron chi connectivity index (χ1n) is 10.2. The number of amides is 2. The second-order valence-corrected chi connectivity index (χ2v) is 8.55. The molecule has 3 aliphatic rings. The second kappa shape index (κ2) is 7.87. The third-order valence-electron chi connectivity index (χ3n) is 6.24. The number of imide groups is 1. The summed E-state index contributed by atoms with van der Waals surface area (Å²) in [7, 11) is 0. The van der Waals surface area contributed by atoms with Crippen LogP contribution in [0.5, 0.6) is 5.75 Å². The Morgan fingerprint density at radius 3 is 2.50 bits per heavy atom. The molecule has 9 heteroatoms. The molecule has 2 bridgehead atoms. The molecule has 0 spiro atoms. The van der Waals surface area contributed by atoms with E-state index in [1.165, 1.54) is 18.3 Å². The number of allylic oxidation sites excluding steroid dienone is 2. The average molecular weight is 452 g/mol. The largest absolute Gasteiger partial charge is 0.487 e. The highest BCUT2D eigenvalue weighted by molar-refractivity contribution is 6.32. The van der Waals surface area contributed by atoms with Crippen molar-refractivity contribution in [2.24, 2.45) is 28.8 Å². The maximum Gasteiger partial charge on any atom is 0.269 e. The van der Waals surface area contributed by atoms with Gasteiger partial charge in [-0.2, -0.15) is 10.1 Å². The van der Waals surface area contributed by atoms with Gasteiger partial charge in [-0.3, -0.25) is 19.7 Å². The lowest BCUT2D eigenvalue weighted by atomic mass is 9.85. The van der Waals surface area contributed by atoms with Crippen LogP contribution in [-0.2, 0) is 16.2 Å². The summed E-state index contributed by atoms with van der Waals surface area (Å²) in [4.78, 5) is 35.8. The number of carbonyl (C=O) groups is 2. The van der Waals surface area contributed by atoms with Gasteiger partial charge in [0.05, 0.1) is 28.0 Å². The smallest absolute Gasteiger partial charge is 0.269 e. The van der Waals surface area contributed by atoms with Gasteiger partial charge in [-0.05, 0) is 47.6 Å². The van der Waals surface area contributed by atoms with E-state index in [2.05, 4.69) is 5.10 Å². The number of hydrogen-bond donors (Lipinski definition) is 0. The number of nitro groups is 1. The molecule has 1 saturated carbocycles. The van der Waals surface area contributed by atoms with Gasteiger partial charge in [0.2, 0.25) is 0 Å². The van der Waals surface area contributed by atoms with Gasteiger partial charge in [0.1, 0.15) is 12.4 Å². The molecule has 8 nitrogen and oxygen atoms in total. The standard InChI is InChI=1S/C23H18ClN3O5/c24-18-9-13(4-7-19(18)32-12-14-2-1-3-17(8-14)27(30)31)11-25-26-22(28)20-15-5-6-16(10-15)21(20)23(26)29/h1-9,11,15-16,20-21H,10,12H2. The Hall–Kier alpha value is -3.52. The van der Waals surface area contributed by atoms with Crippen LogP contribution in [-0.4, -0.2) is 28.0 Å². The summed E-state index contributed by atoms with van der Waals surface area (Å²) in [5, 5.41) is 16.3. The van der Waals surface area contributed by atoms with Crippen LogP contribution in [0.3, 0.4) is 0 Å². The van der Waals surface area contributed by atoms with Crippen LogP contribution in [0.25, 0.3) is 0 Å². The Morgan fingerprint density at radius 1 is 1.12 bits per heavy atom. The number of carbonyl (C=O) groups excluding carboxylic acids is 2. The number of benzene rings is 2. The minimum Gasteiger partial charge on any atom is -0.487 e. The summed E-state index contributed by atoms with van der Waals surface area (Å²) in [6, 6.07) is 11.1. The minimum absolute atomic E-state index is 0.0114. The summed E-state index contributed by atoms with van der Waals surface area (Å²) in [6.45, 7) is 0.116. The lowest BCUT2D eigenvalue weighted by Crippen LogP contribution is -2.28. The van der Waals surface area contributed by atoms with E-state index < -0.39 is 4.92 Å². The Labute approximate surface area is 188 Å². The minimum atomic E-state index is -0.463. The van der Waals surface area contributed by atoms with Gasteiger partial charge in [0.25, 0.3) is 17.5 Å². The first-order chi connectivity index (χ1) is 15.4. The number of fused-ring (bicyclic) bond motifs is 5. The zero-order valence-corrected chi connectivity index (χ0v) is 17.5. The average Bonchev–Trinajstić information content (AvgIpc) is 3.46. The third-order valence-corrected chi connectivity index (χ3v) is 6.54. The highest BCUT2D eigenvalue weighted by Crippen LogP contribution is 2.52. The highest BCUT2D eigenvalue weighted by atomic mass is 35.5. The summed E-state index contributed by atoms with van der Waals surface area (Å²) >= 11 is 6.30. The second-order valence-electron chi connectivity index (χ2n) is 8.14. The van der Waals surface area contributed by atoms with Crippen LogP contribution >= 0.6 is 11.6 Å². The molecule has 1 heterocycles. The van der Waals surface area contributed by atoms with Crippen LogP contribution in [0, 0.1) is 33.8 Å². The maximum absolute atomic E-state index is 12.7. The van der Waals surface area contributed by atoms with E-state index in [4.69, 9.17) is 16.3 Å². The Kier molecular flexibility index (Phi) is 5.01. The van der Waals surface area contributed by atoms with Gasteiger partial charge in [-0.1, -0.05) is 35.9 Å². The van der Waals surface area contributed by atoms with Crippen molar-refractivity contribution in [3.63, 3.8) is 0 Å². The molecule has 2 aromatic carbocycles. The molecular formula is C23H18ClN3O5. The van der Waals surface area contributed by atoms with Crippen molar-refractivity contribution in [1.29, 1.82) is 0 Å². The van der Waals surface area contributed by atoms with Crippen molar-refractivity contribution in [3.8, 4) is 5.75 Å². The molecule has 1 aliphatic heterocycles. The van der Waals surface area contributed by atoms with E-state index in [1.54, 1.807) is 30.3 Å². The Bertz CT molecular complexity index is 1160. The van der Waals surface area contributed by atoms with Crippen molar-refractivity contribution in [3.05, 3.63) is 80.9 Å². The van der Waals surface area contributed by atoms with E-state index in [0.29, 0.717) is 21.9 Å². The lowest BCUT2D eigenvalue weighted by molar-refractivity contribution is -0.384. The first-order valence-corrected chi connectivity index (χ1v) is 10.6. The third kappa shape index (κ3) is 3.46. The predicted molar refractivity (Wildman–Crippen MR) is 116 cm³/mol. The topological polar surface area (TPSA) is 102 Å². The van der Waals surface area contributed by atoms with E-state index in [9.17, 15) is 19.7 Å². The first kappa shape index (κ1) is 20.4. The predicted octanol–water partition coefficient (Wildman–Crippen LogP) is 3.97. The van der Waals surface area contributed by atoms with Crippen molar-refractivity contribution >= 4 is 35.3 Å². The molecular weight excluding hydrogens is 434 g/mol. The number of nitrogens with zero attached hydrogens (tertiary/aromatic N) is 3. The van der Waals surface area contributed by atoms with Crippen molar-refractivity contribution in [2.75, 3.05) is 0 Å². The molecule has 1 saturated heterocycles. The highest BCUT2D eigenvalue weighted by Gasteiger charge is 2.59. The summed E-state index contributed by atoms with van der Waals surface area (Å²) in [6.07, 6.45) is 6.38. The van der Waals surface area contributed by atoms with Gasteiger partial charge in [-0.15, -0.1) is 0 Å². The molecule has 162 valence electrons. The maximum atomic E-state index is 12.7. The lowest BCUT2D eigenvalue weighted by Gasteiger charge is -2.13. The molecule has 2 aromatic rings. The quantitative estimate of drug-likeness (QED) is 0.217. The summed E-state index contributed by atoms with van der Waals surface area (Å²) in [5.41, 5.74) is 1.24. The van der Waals surface area contributed by atoms with Crippen molar-refractivity contribution in [2.45, 2.75) is 13.0 Å². The van der Waals surface area contributed by atoms with Gasteiger partial charge in [0.15, 0.2) is 0 Å². The number of hydrogen-bond acceptors (Lipinski definition) is 6. The molecule has 5 rings (SSSR count). The number of nitro benzene ring substituents is 1. The fourth-order valence-corrected chi connectivity index (χ4v) is 5.00. The molecule has 2 aliphatic carbocycles. The molecule has 2 amide bonds. The van der Waals surface area contributed by atoms with E-state index >= 15 is 0 Å². The SMILES string of the molecule is O=C1C2C3C=CC(C3)C2C(=O)N1N=Cc1ccc(OCc2cccc([N+](=O)[O-])c2)c(Cl)c1. The molecule has 0 N–H and O–H groups in total. The molecule has 0 radical (unpaired) electrons. The summed E-state index contributed by atoms with van der Waals surface area (Å²) < 4.78 is 5.68. The van der Waals surface area contributed by atoms with Gasteiger partial charge < -0.3 is 4.74 Å². The fourth-order valence-electron chi connectivity index (χ4n) is 4.76. The van der Waals surface area contributed by atoms with Gasteiger partial charge in [0, 0.05) is 12.1 Å². The number of hydrazone groups is 1. The number of halogens is 1. The van der Waals surface area contributed by atoms with E-state index in [-0.39, 0.29) is 47.8 Å². The van der Waals surface area contributed by atoms with E-state index in [1.807, 2.05) is 12.2 Å². The summed E-state index contributed by atoms with van der Waals surface area (Å²) in [5.74, 6) is -0.379. The molecule has 2 fully saturated rings. The monoisotopic (exact) mass is 451 g/mol.